The van der Waals surface area contributed by atoms with Gasteiger partial charge in [0, 0.05) is 17.2 Å². The van der Waals surface area contributed by atoms with Crippen molar-refractivity contribution in [2.24, 2.45) is 0 Å². The highest BCUT2D eigenvalue weighted by molar-refractivity contribution is 5.92. The average Bonchev–Trinajstić information content (AvgIpc) is 2.48. The predicted octanol–water partition coefficient (Wildman–Crippen LogP) is 0.327. The first-order valence-corrected chi connectivity index (χ1v) is 5.75. The van der Waals surface area contributed by atoms with Gasteiger partial charge in [0.2, 0.25) is 0 Å². The van der Waals surface area contributed by atoms with E-state index in [-0.39, 0.29) is 24.4 Å². The van der Waals surface area contributed by atoms with E-state index in [1.54, 1.807) is 0 Å². The van der Waals surface area contributed by atoms with Crippen LogP contribution < -0.4 is 15.4 Å². The molecule has 0 spiro atoms. The molecule has 0 saturated carbocycles. The summed E-state index contributed by atoms with van der Waals surface area (Å²) in [6, 6.07) is 3.24. The Bertz CT molecular complexity index is 567. The normalized spacial score (nSPS) is 12.8. The summed E-state index contributed by atoms with van der Waals surface area (Å²) in [6.45, 7) is -2.53. The molecule has 6 nitrogen and oxygen atoms in total. The van der Waals surface area contributed by atoms with Crippen molar-refractivity contribution in [1.82, 2.24) is 10.6 Å². The molecule has 1 rings (SSSR count). The largest absolute Gasteiger partial charge is 0.483 e. The van der Waals surface area contributed by atoms with E-state index in [1.165, 1.54) is 6.07 Å². The van der Waals surface area contributed by atoms with Gasteiger partial charge < -0.3 is 20.1 Å². The third kappa shape index (κ3) is 4.85. The lowest BCUT2D eigenvalue weighted by Gasteiger charge is -2.10. The minimum Gasteiger partial charge on any atom is -0.483 e. The Hall–Kier alpha value is -2.15. The molecule has 0 heterocycles. The number of methoxy groups -OCH3 is 1. The Morgan fingerprint density at radius 1 is 1.40 bits per heavy atom. The van der Waals surface area contributed by atoms with E-state index in [1.807, 2.05) is 0 Å². The van der Waals surface area contributed by atoms with Crippen molar-refractivity contribution < 1.29 is 27.6 Å². The highest BCUT2D eigenvalue weighted by Gasteiger charge is 2.15. The third-order valence-corrected chi connectivity index (χ3v) is 2.28. The number of halogens is 1. The van der Waals surface area contributed by atoms with Gasteiger partial charge in [0.1, 0.15) is 17.1 Å². The lowest BCUT2D eigenvalue weighted by atomic mass is 10.2. The number of ether oxygens (including phenoxy) is 2. The van der Waals surface area contributed by atoms with Crippen molar-refractivity contribution in [2.45, 2.75) is 0 Å². The molecular formula is C13H17FN2O4. The number of amides is 1. The predicted molar refractivity (Wildman–Crippen MR) is 70.2 cm³/mol. The highest BCUT2D eigenvalue weighted by Crippen LogP contribution is 2.20. The standard InChI is InChI=1S/C13H17FN2O4/c1-15-5-6-16-12(17)8-20-11-4-3-9(14)7-10(11)13(18)19-2/h3-4,7,15H,5-6,8H2,1-2H3,(H,16,17)/i1D3. The van der Waals surface area contributed by atoms with Gasteiger partial charge in [-0.25, -0.2) is 9.18 Å². The fourth-order valence-electron chi connectivity index (χ4n) is 1.36. The van der Waals surface area contributed by atoms with Gasteiger partial charge in [0.15, 0.2) is 6.61 Å². The van der Waals surface area contributed by atoms with Crippen molar-refractivity contribution in [3.8, 4) is 5.75 Å². The van der Waals surface area contributed by atoms with Crippen LogP contribution in [0, 0.1) is 5.82 Å². The topological polar surface area (TPSA) is 76.7 Å². The van der Waals surface area contributed by atoms with E-state index in [0.717, 1.165) is 19.2 Å². The monoisotopic (exact) mass is 287 g/mol. The Morgan fingerprint density at radius 2 is 2.20 bits per heavy atom. The second kappa shape index (κ2) is 8.11. The average molecular weight is 287 g/mol. The van der Waals surface area contributed by atoms with Crippen LogP contribution in [0.5, 0.6) is 5.75 Å². The van der Waals surface area contributed by atoms with Crippen molar-refractivity contribution in [1.29, 1.82) is 0 Å². The van der Waals surface area contributed by atoms with Crippen LogP contribution in [0.2, 0.25) is 0 Å². The van der Waals surface area contributed by atoms with Crippen LogP contribution in [0.3, 0.4) is 0 Å². The quantitative estimate of drug-likeness (QED) is 0.558. The maximum absolute atomic E-state index is 13.1. The van der Waals surface area contributed by atoms with Crippen LogP contribution in [-0.4, -0.2) is 45.7 Å². The van der Waals surface area contributed by atoms with E-state index < -0.39 is 31.3 Å². The molecule has 0 atom stereocenters. The van der Waals surface area contributed by atoms with E-state index in [9.17, 15) is 14.0 Å². The van der Waals surface area contributed by atoms with E-state index in [4.69, 9.17) is 8.85 Å². The second-order valence-corrected chi connectivity index (χ2v) is 3.70. The third-order valence-electron chi connectivity index (χ3n) is 2.28. The summed E-state index contributed by atoms with van der Waals surface area (Å²) in [5.41, 5.74) is -0.135. The summed E-state index contributed by atoms with van der Waals surface area (Å²) < 4.78 is 43.6. The molecule has 0 aliphatic rings. The maximum atomic E-state index is 13.1. The molecule has 1 amide bonds. The zero-order chi connectivity index (χ0) is 17.5. The van der Waals surface area contributed by atoms with Crippen LogP contribution in [-0.2, 0) is 9.53 Å². The van der Waals surface area contributed by atoms with E-state index in [2.05, 4.69) is 15.4 Å². The fourth-order valence-corrected chi connectivity index (χ4v) is 1.36. The van der Waals surface area contributed by atoms with Gasteiger partial charge in [-0.1, -0.05) is 0 Å². The van der Waals surface area contributed by atoms with Gasteiger partial charge in [0.05, 0.1) is 7.11 Å². The molecule has 2 N–H and O–H groups in total. The van der Waals surface area contributed by atoms with Crippen LogP contribution in [0.1, 0.15) is 14.5 Å². The van der Waals surface area contributed by atoms with Crippen LogP contribution in [0.15, 0.2) is 18.2 Å². The lowest BCUT2D eigenvalue weighted by molar-refractivity contribution is -0.123. The fraction of sp³-hybridized carbons (Fsp3) is 0.385. The number of nitrogens with one attached hydrogen (secondary N) is 2. The number of hydrogen-bond donors (Lipinski definition) is 2. The number of benzene rings is 1. The minimum absolute atomic E-state index is 0.00835. The van der Waals surface area contributed by atoms with Gasteiger partial charge in [-0.15, -0.1) is 0 Å². The Labute approximate surface area is 120 Å². The van der Waals surface area contributed by atoms with Crippen molar-refractivity contribution in [3.63, 3.8) is 0 Å². The van der Waals surface area contributed by atoms with Gasteiger partial charge in [0.25, 0.3) is 5.91 Å². The molecule has 0 unspecified atom stereocenters. The van der Waals surface area contributed by atoms with Crippen molar-refractivity contribution >= 4 is 11.9 Å². The lowest BCUT2D eigenvalue weighted by Crippen LogP contribution is -2.34. The number of rotatable bonds is 7. The van der Waals surface area contributed by atoms with E-state index >= 15 is 0 Å². The zero-order valence-electron chi connectivity index (χ0n) is 13.9. The number of esters is 1. The van der Waals surface area contributed by atoms with Gasteiger partial charge in [-0.3, -0.25) is 4.79 Å². The summed E-state index contributed by atoms with van der Waals surface area (Å²) in [5, 5.41) is 4.66. The number of hydrogen-bond acceptors (Lipinski definition) is 5. The molecule has 0 aliphatic carbocycles. The summed E-state index contributed by atoms with van der Waals surface area (Å²) >= 11 is 0. The molecule has 20 heavy (non-hydrogen) atoms. The van der Waals surface area contributed by atoms with Crippen molar-refractivity contribution in [3.05, 3.63) is 29.6 Å². The Kier molecular flexibility index (Phi) is 4.73. The second-order valence-electron chi connectivity index (χ2n) is 3.70. The Balaban J connectivity index is 2.48. The molecule has 1 aromatic rings. The molecule has 7 heteroatoms. The number of carbonyl (C=O) groups excluding carboxylic acids is 2. The Morgan fingerprint density at radius 3 is 2.90 bits per heavy atom. The molecule has 0 fully saturated rings. The summed E-state index contributed by atoms with van der Waals surface area (Å²) in [5.74, 6) is -1.94. The molecule has 110 valence electrons. The maximum Gasteiger partial charge on any atom is 0.341 e. The van der Waals surface area contributed by atoms with Gasteiger partial charge in [-0.2, -0.15) is 0 Å². The smallest absolute Gasteiger partial charge is 0.341 e. The molecule has 0 aromatic heterocycles. The molecule has 0 aliphatic heterocycles. The number of likely N-dealkylation sites (N-methyl/N-ethyl adjacent to an activating group) is 1. The van der Waals surface area contributed by atoms with Crippen LogP contribution in [0.4, 0.5) is 4.39 Å². The van der Waals surface area contributed by atoms with Crippen LogP contribution >= 0.6 is 0 Å². The van der Waals surface area contributed by atoms with Gasteiger partial charge in [-0.05, 0) is 25.2 Å². The van der Waals surface area contributed by atoms with Crippen LogP contribution in [0.25, 0.3) is 0 Å². The molecule has 0 radical (unpaired) electrons. The molecule has 1 aromatic carbocycles. The first-order chi connectivity index (χ1) is 10.7. The molecular weight excluding hydrogens is 267 g/mol. The SMILES string of the molecule is [2H]C([2H])([2H])NCCNC(=O)COc1ccc(F)cc1C(=O)OC. The molecule has 0 saturated heterocycles. The molecule has 0 bridgehead atoms. The summed E-state index contributed by atoms with van der Waals surface area (Å²) in [4.78, 5) is 23.1. The minimum atomic E-state index is -2.27. The summed E-state index contributed by atoms with van der Waals surface area (Å²) in [7, 11) is 1.14. The first-order valence-electron chi connectivity index (χ1n) is 7.25. The van der Waals surface area contributed by atoms with Crippen molar-refractivity contribution in [2.75, 3.05) is 33.8 Å². The van der Waals surface area contributed by atoms with Gasteiger partial charge >= 0.3 is 5.97 Å². The summed E-state index contributed by atoms with van der Waals surface area (Å²) in [6.07, 6.45) is 0. The highest BCUT2D eigenvalue weighted by atomic mass is 19.1. The first kappa shape index (κ1) is 11.7. The van der Waals surface area contributed by atoms with E-state index in [0.29, 0.717) is 0 Å². The number of carbonyl (C=O) groups is 2. The zero-order valence-corrected chi connectivity index (χ0v) is 10.9.